The van der Waals surface area contributed by atoms with Gasteiger partial charge in [0.25, 0.3) is 0 Å². The van der Waals surface area contributed by atoms with Gasteiger partial charge in [0.2, 0.25) is 5.91 Å². The summed E-state index contributed by atoms with van der Waals surface area (Å²) >= 11 is 0. The molecule has 0 spiro atoms. The number of benzene rings is 2. The molecule has 0 aliphatic carbocycles. The van der Waals surface area contributed by atoms with Crippen molar-refractivity contribution in [2.75, 3.05) is 6.61 Å². The van der Waals surface area contributed by atoms with E-state index in [1.165, 1.54) is 23.3 Å². The first-order valence-electron chi connectivity index (χ1n) is 7.68. The lowest BCUT2D eigenvalue weighted by molar-refractivity contribution is -0.121. The Balaban J connectivity index is 1.79. The van der Waals surface area contributed by atoms with Gasteiger partial charge in [0.1, 0.15) is 18.2 Å². The summed E-state index contributed by atoms with van der Waals surface area (Å²) in [5.74, 6) is 0.393. The summed E-state index contributed by atoms with van der Waals surface area (Å²) in [6.07, 6.45) is 0.230. The lowest BCUT2D eigenvalue weighted by Crippen LogP contribution is -2.37. The minimum Gasteiger partial charge on any atom is -0.491 e. The molecule has 0 aliphatic rings. The van der Waals surface area contributed by atoms with Crippen molar-refractivity contribution < 1.29 is 13.9 Å². The number of rotatable bonds is 6. The zero-order valence-corrected chi connectivity index (χ0v) is 13.7. The summed E-state index contributed by atoms with van der Waals surface area (Å²) in [4.78, 5) is 12.0. The van der Waals surface area contributed by atoms with Crippen LogP contribution in [-0.4, -0.2) is 18.6 Å². The van der Waals surface area contributed by atoms with E-state index >= 15 is 0 Å². The lowest BCUT2D eigenvalue weighted by atomic mass is 10.1. The van der Waals surface area contributed by atoms with Crippen molar-refractivity contribution in [3.05, 3.63) is 65.0 Å². The fraction of sp³-hybridized carbons (Fsp3) is 0.316. The largest absolute Gasteiger partial charge is 0.491 e. The van der Waals surface area contributed by atoms with E-state index in [0.717, 1.165) is 11.3 Å². The number of hydrogen-bond donors (Lipinski definition) is 1. The lowest BCUT2D eigenvalue weighted by Gasteiger charge is -2.15. The summed E-state index contributed by atoms with van der Waals surface area (Å²) < 4.78 is 18.5. The highest BCUT2D eigenvalue weighted by Gasteiger charge is 2.09. The average Bonchev–Trinajstić information content (AvgIpc) is 2.51. The van der Waals surface area contributed by atoms with Crippen LogP contribution in [0.25, 0.3) is 0 Å². The highest BCUT2D eigenvalue weighted by molar-refractivity contribution is 5.78. The second kappa shape index (κ2) is 7.77. The van der Waals surface area contributed by atoms with Crippen molar-refractivity contribution in [3.8, 4) is 5.75 Å². The standard InChI is InChI=1S/C19H22FNO2/c1-13-4-9-18(10-14(13)2)23-12-15(3)21-19(22)11-16-5-7-17(20)8-6-16/h4-10,15H,11-12H2,1-3H3,(H,21,22)/t15-/m1/s1. The average molecular weight is 315 g/mol. The van der Waals surface area contributed by atoms with Crippen molar-refractivity contribution in [3.63, 3.8) is 0 Å². The molecular weight excluding hydrogens is 293 g/mol. The Hall–Kier alpha value is -2.36. The van der Waals surface area contributed by atoms with Crippen LogP contribution in [0.1, 0.15) is 23.6 Å². The van der Waals surface area contributed by atoms with Crippen LogP contribution in [0.5, 0.6) is 5.75 Å². The molecule has 2 aromatic carbocycles. The van der Waals surface area contributed by atoms with Crippen LogP contribution in [0, 0.1) is 19.7 Å². The normalized spacial score (nSPS) is 11.8. The summed E-state index contributed by atoms with van der Waals surface area (Å²) in [7, 11) is 0. The van der Waals surface area contributed by atoms with Gasteiger partial charge in [-0.15, -0.1) is 0 Å². The third-order valence-electron chi connectivity index (χ3n) is 3.66. The molecule has 0 radical (unpaired) electrons. The summed E-state index contributed by atoms with van der Waals surface area (Å²) in [6.45, 7) is 6.38. The van der Waals surface area contributed by atoms with E-state index in [4.69, 9.17) is 4.74 Å². The van der Waals surface area contributed by atoms with Gasteiger partial charge in [0.05, 0.1) is 12.5 Å². The van der Waals surface area contributed by atoms with E-state index in [1.807, 2.05) is 32.0 Å². The zero-order chi connectivity index (χ0) is 16.8. The van der Waals surface area contributed by atoms with Crippen molar-refractivity contribution in [2.45, 2.75) is 33.2 Å². The molecule has 1 N–H and O–H groups in total. The van der Waals surface area contributed by atoms with E-state index in [0.29, 0.717) is 6.61 Å². The molecule has 0 aliphatic heterocycles. The second-order valence-corrected chi connectivity index (χ2v) is 5.83. The molecule has 0 fully saturated rings. The van der Waals surface area contributed by atoms with Crippen molar-refractivity contribution in [1.82, 2.24) is 5.32 Å². The zero-order valence-electron chi connectivity index (χ0n) is 13.7. The van der Waals surface area contributed by atoms with Gasteiger partial charge in [-0.05, 0) is 61.7 Å². The summed E-state index contributed by atoms with van der Waals surface area (Å²) in [6, 6.07) is 11.8. The monoisotopic (exact) mass is 315 g/mol. The molecular formula is C19H22FNO2. The Labute approximate surface area is 136 Å². The van der Waals surface area contributed by atoms with Crippen LogP contribution < -0.4 is 10.1 Å². The molecule has 1 atom stereocenters. The Kier molecular flexibility index (Phi) is 5.74. The van der Waals surface area contributed by atoms with Crippen molar-refractivity contribution in [2.24, 2.45) is 0 Å². The second-order valence-electron chi connectivity index (χ2n) is 5.83. The topological polar surface area (TPSA) is 38.3 Å². The smallest absolute Gasteiger partial charge is 0.224 e. The maximum atomic E-state index is 12.8. The quantitative estimate of drug-likeness (QED) is 0.885. The maximum Gasteiger partial charge on any atom is 0.224 e. The molecule has 0 saturated heterocycles. The number of carbonyl (C=O) groups is 1. The summed E-state index contributed by atoms with van der Waals surface area (Å²) in [5.41, 5.74) is 3.18. The number of ether oxygens (including phenoxy) is 1. The Morgan fingerprint density at radius 1 is 1.13 bits per heavy atom. The maximum absolute atomic E-state index is 12.8. The molecule has 2 rings (SSSR count). The number of amides is 1. The summed E-state index contributed by atoms with van der Waals surface area (Å²) in [5, 5.41) is 2.88. The van der Waals surface area contributed by atoms with Crippen LogP contribution in [-0.2, 0) is 11.2 Å². The van der Waals surface area contributed by atoms with Gasteiger partial charge in [0, 0.05) is 0 Å². The fourth-order valence-corrected chi connectivity index (χ4v) is 2.18. The van der Waals surface area contributed by atoms with Gasteiger partial charge < -0.3 is 10.1 Å². The first-order chi connectivity index (χ1) is 10.9. The molecule has 2 aromatic rings. The van der Waals surface area contributed by atoms with Gasteiger partial charge in [0.15, 0.2) is 0 Å². The minimum absolute atomic E-state index is 0.104. The predicted octanol–water partition coefficient (Wildman–Crippen LogP) is 3.57. The fourth-order valence-electron chi connectivity index (χ4n) is 2.18. The van der Waals surface area contributed by atoms with Crippen LogP contribution >= 0.6 is 0 Å². The van der Waals surface area contributed by atoms with E-state index < -0.39 is 0 Å². The van der Waals surface area contributed by atoms with Crippen molar-refractivity contribution >= 4 is 5.91 Å². The van der Waals surface area contributed by atoms with E-state index in [1.54, 1.807) is 12.1 Å². The van der Waals surface area contributed by atoms with Gasteiger partial charge >= 0.3 is 0 Å². The molecule has 23 heavy (non-hydrogen) atoms. The van der Waals surface area contributed by atoms with Gasteiger partial charge in [-0.3, -0.25) is 4.79 Å². The number of carbonyl (C=O) groups excluding carboxylic acids is 1. The van der Waals surface area contributed by atoms with Gasteiger partial charge in [-0.25, -0.2) is 4.39 Å². The molecule has 0 saturated carbocycles. The Morgan fingerprint density at radius 2 is 1.83 bits per heavy atom. The van der Waals surface area contributed by atoms with E-state index in [2.05, 4.69) is 12.2 Å². The molecule has 1 amide bonds. The first kappa shape index (κ1) is 17.0. The molecule has 0 heterocycles. The predicted molar refractivity (Wildman–Crippen MR) is 89.1 cm³/mol. The number of aryl methyl sites for hydroxylation is 2. The van der Waals surface area contributed by atoms with Crippen LogP contribution in [0.15, 0.2) is 42.5 Å². The van der Waals surface area contributed by atoms with Gasteiger partial charge in [-0.1, -0.05) is 18.2 Å². The number of halogens is 1. The van der Waals surface area contributed by atoms with Crippen LogP contribution in [0.3, 0.4) is 0 Å². The third-order valence-corrected chi connectivity index (χ3v) is 3.66. The Morgan fingerprint density at radius 3 is 2.48 bits per heavy atom. The number of hydrogen-bond acceptors (Lipinski definition) is 2. The first-order valence-corrected chi connectivity index (χ1v) is 7.68. The molecule has 4 heteroatoms. The molecule has 122 valence electrons. The molecule has 0 aromatic heterocycles. The molecule has 0 unspecified atom stereocenters. The van der Waals surface area contributed by atoms with E-state index in [-0.39, 0.29) is 24.2 Å². The Bertz CT molecular complexity index is 668. The molecule has 0 bridgehead atoms. The highest BCUT2D eigenvalue weighted by atomic mass is 19.1. The van der Waals surface area contributed by atoms with Gasteiger partial charge in [-0.2, -0.15) is 0 Å². The third kappa shape index (κ3) is 5.40. The van der Waals surface area contributed by atoms with Crippen LogP contribution in [0.2, 0.25) is 0 Å². The van der Waals surface area contributed by atoms with Crippen molar-refractivity contribution in [1.29, 1.82) is 0 Å². The minimum atomic E-state index is -0.302. The molecule has 3 nitrogen and oxygen atoms in total. The SMILES string of the molecule is Cc1ccc(OC[C@@H](C)NC(=O)Cc2ccc(F)cc2)cc1C. The highest BCUT2D eigenvalue weighted by Crippen LogP contribution is 2.16. The van der Waals surface area contributed by atoms with Crippen LogP contribution in [0.4, 0.5) is 4.39 Å². The van der Waals surface area contributed by atoms with E-state index in [9.17, 15) is 9.18 Å². The number of nitrogens with one attached hydrogen (secondary N) is 1.